The molecule has 1 fully saturated rings. The molecule has 2 amide bonds. The Kier molecular flexibility index (Phi) is 4.28. The molecule has 0 aromatic heterocycles. The first-order valence-electron chi connectivity index (χ1n) is 5.25. The average Bonchev–Trinajstić information content (AvgIpc) is 2.26. The van der Waals surface area contributed by atoms with Gasteiger partial charge in [-0.15, -0.1) is 0 Å². The van der Waals surface area contributed by atoms with Crippen molar-refractivity contribution < 1.29 is 19.5 Å². The van der Waals surface area contributed by atoms with Crippen LogP contribution in [0.1, 0.15) is 19.8 Å². The lowest BCUT2D eigenvalue weighted by Gasteiger charge is -2.30. The highest BCUT2D eigenvalue weighted by molar-refractivity contribution is 5.84. The average molecular weight is 228 g/mol. The number of rotatable bonds is 3. The maximum absolute atomic E-state index is 11.6. The van der Waals surface area contributed by atoms with Crippen molar-refractivity contribution in [1.29, 1.82) is 0 Å². The van der Waals surface area contributed by atoms with Crippen LogP contribution in [0.15, 0.2) is 0 Å². The molecule has 1 rings (SSSR count). The number of carbonyl (C=O) groups excluding carboxylic acids is 2. The maximum atomic E-state index is 11.6. The molecular weight excluding hydrogens is 212 g/mol. The number of hydrogen-bond donors (Lipinski definition) is 2. The van der Waals surface area contributed by atoms with E-state index in [-0.39, 0.29) is 24.9 Å². The number of carboxylic acids is 1. The van der Waals surface area contributed by atoms with Crippen molar-refractivity contribution in [3.63, 3.8) is 0 Å². The van der Waals surface area contributed by atoms with Gasteiger partial charge < -0.3 is 15.3 Å². The molecule has 0 aliphatic carbocycles. The molecule has 90 valence electrons. The monoisotopic (exact) mass is 228 g/mol. The second-order valence-electron chi connectivity index (χ2n) is 3.93. The second-order valence-corrected chi connectivity index (χ2v) is 3.93. The predicted molar refractivity (Wildman–Crippen MR) is 55.6 cm³/mol. The summed E-state index contributed by atoms with van der Waals surface area (Å²) in [7, 11) is 0. The zero-order chi connectivity index (χ0) is 12.1. The van der Waals surface area contributed by atoms with Crippen LogP contribution in [0.4, 0.5) is 0 Å². The van der Waals surface area contributed by atoms with Gasteiger partial charge in [-0.25, -0.2) is 0 Å². The predicted octanol–water partition coefficient (Wildman–Crippen LogP) is -0.554. The third-order valence-electron chi connectivity index (χ3n) is 2.61. The van der Waals surface area contributed by atoms with Gasteiger partial charge in [0.1, 0.15) is 0 Å². The lowest BCUT2D eigenvalue weighted by atomic mass is 9.98. The summed E-state index contributed by atoms with van der Waals surface area (Å²) in [4.78, 5) is 34.5. The van der Waals surface area contributed by atoms with Crippen molar-refractivity contribution in [2.45, 2.75) is 19.8 Å². The number of amides is 2. The molecule has 6 nitrogen and oxygen atoms in total. The van der Waals surface area contributed by atoms with Gasteiger partial charge in [-0.05, 0) is 12.8 Å². The van der Waals surface area contributed by atoms with Gasteiger partial charge in [0.15, 0.2) is 0 Å². The first-order chi connectivity index (χ1) is 7.50. The molecule has 0 aromatic carbocycles. The number of nitrogens with zero attached hydrogens (tertiary/aromatic N) is 1. The van der Waals surface area contributed by atoms with Crippen LogP contribution in [0.2, 0.25) is 0 Å². The third-order valence-corrected chi connectivity index (χ3v) is 2.61. The van der Waals surface area contributed by atoms with E-state index >= 15 is 0 Å². The molecule has 0 saturated carbocycles. The molecular formula is C10H16N2O4. The summed E-state index contributed by atoms with van der Waals surface area (Å²) in [6.45, 7) is 2.10. The Morgan fingerprint density at radius 2 is 2.12 bits per heavy atom. The topological polar surface area (TPSA) is 86.7 Å². The van der Waals surface area contributed by atoms with E-state index in [0.29, 0.717) is 19.4 Å². The minimum Gasteiger partial charge on any atom is -0.481 e. The van der Waals surface area contributed by atoms with Gasteiger partial charge in [0.05, 0.1) is 12.5 Å². The molecule has 1 atom stereocenters. The van der Waals surface area contributed by atoms with E-state index < -0.39 is 11.9 Å². The van der Waals surface area contributed by atoms with Crippen molar-refractivity contribution in [3.8, 4) is 0 Å². The fourth-order valence-corrected chi connectivity index (χ4v) is 1.72. The maximum Gasteiger partial charge on any atom is 0.308 e. The van der Waals surface area contributed by atoms with Crippen molar-refractivity contribution in [1.82, 2.24) is 10.2 Å². The minimum absolute atomic E-state index is 0.0539. The van der Waals surface area contributed by atoms with Crippen molar-refractivity contribution in [2.75, 3.05) is 19.6 Å². The summed E-state index contributed by atoms with van der Waals surface area (Å²) in [5.41, 5.74) is 0. The molecule has 16 heavy (non-hydrogen) atoms. The Morgan fingerprint density at radius 1 is 1.44 bits per heavy atom. The van der Waals surface area contributed by atoms with Crippen molar-refractivity contribution in [2.24, 2.45) is 5.92 Å². The smallest absolute Gasteiger partial charge is 0.308 e. The number of hydrogen-bond acceptors (Lipinski definition) is 3. The van der Waals surface area contributed by atoms with Gasteiger partial charge in [0.2, 0.25) is 11.8 Å². The molecule has 1 aliphatic heterocycles. The van der Waals surface area contributed by atoms with E-state index in [0.717, 1.165) is 0 Å². The van der Waals surface area contributed by atoms with E-state index in [1.807, 2.05) is 0 Å². The Bertz CT molecular complexity index is 303. The van der Waals surface area contributed by atoms with Crippen LogP contribution in [-0.2, 0) is 14.4 Å². The van der Waals surface area contributed by atoms with E-state index in [2.05, 4.69) is 5.32 Å². The highest BCUT2D eigenvalue weighted by atomic mass is 16.4. The molecule has 1 heterocycles. The van der Waals surface area contributed by atoms with E-state index in [1.54, 1.807) is 0 Å². The summed E-state index contributed by atoms with van der Waals surface area (Å²) >= 11 is 0. The first-order valence-corrected chi connectivity index (χ1v) is 5.25. The highest BCUT2D eigenvalue weighted by Crippen LogP contribution is 2.16. The zero-order valence-corrected chi connectivity index (χ0v) is 9.23. The number of piperidine rings is 1. The van der Waals surface area contributed by atoms with Crippen LogP contribution < -0.4 is 5.32 Å². The highest BCUT2D eigenvalue weighted by Gasteiger charge is 2.27. The van der Waals surface area contributed by atoms with Crippen LogP contribution in [-0.4, -0.2) is 47.4 Å². The van der Waals surface area contributed by atoms with Crippen molar-refractivity contribution >= 4 is 17.8 Å². The molecule has 0 unspecified atom stereocenters. The molecule has 0 aromatic rings. The summed E-state index contributed by atoms with van der Waals surface area (Å²) in [6, 6.07) is 0. The minimum atomic E-state index is -0.864. The molecule has 6 heteroatoms. The fourth-order valence-electron chi connectivity index (χ4n) is 1.72. The molecule has 2 N–H and O–H groups in total. The second kappa shape index (κ2) is 5.48. The zero-order valence-electron chi connectivity index (χ0n) is 9.23. The number of carbonyl (C=O) groups is 3. The van der Waals surface area contributed by atoms with Gasteiger partial charge >= 0.3 is 5.97 Å². The van der Waals surface area contributed by atoms with Gasteiger partial charge in [-0.2, -0.15) is 0 Å². The molecule has 0 radical (unpaired) electrons. The Balaban J connectivity index is 2.43. The van der Waals surface area contributed by atoms with Crippen LogP contribution >= 0.6 is 0 Å². The summed E-state index contributed by atoms with van der Waals surface area (Å²) in [5, 5.41) is 11.3. The largest absolute Gasteiger partial charge is 0.481 e. The van der Waals surface area contributed by atoms with Gasteiger partial charge in [0.25, 0.3) is 0 Å². The molecule has 1 saturated heterocycles. The van der Waals surface area contributed by atoms with E-state index in [1.165, 1.54) is 11.8 Å². The normalized spacial score (nSPS) is 20.3. The Hall–Kier alpha value is -1.59. The molecule has 0 bridgehead atoms. The third kappa shape index (κ3) is 3.52. The van der Waals surface area contributed by atoms with E-state index in [4.69, 9.17) is 5.11 Å². The van der Waals surface area contributed by atoms with Crippen LogP contribution in [0.5, 0.6) is 0 Å². The van der Waals surface area contributed by atoms with Crippen LogP contribution in [0.3, 0.4) is 0 Å². The SMILES string of the molecule is CC(=O)NCC(=O)N1CCC[C@@H](C(=O)O)C1. The summed E-state index contributed by atoms with van der Waals surface area (Å²) in [5.74, 6) is -1.83. The summed E-state index contributed by atoms with van der Waals surface area (Å²) < 4.78 is 0. The lowest BCUT2D eigenvalue weighted by Crippen LogP contribution is -2.46. The Morgan fingerprint density at radius 3 is 2.69 bits per heavy atom. The molecule has 0 spiro atoms. The first kappa shape index (κ1) is 12.5. The van der Waals surface area contributed by atoms with Crippen molar-refractivity contribution in [3.05, 3.63) is 0 Å². The quantitative estimate of drug-likeness (QED) is 0.678. The number of nitrogens with one attached hydrogen (secondary N) is 1. The standard InChI is InChI=1S/C10H16N2O4/c1-7(13)11-5-9(14)12-4-2-3-8(6-12)10(15)16/h8H,2-6H2,1H3,(H,11,13)(H,15,16)/t8-/m1/s1. The van der Waals surface area contributed by atoms with Gasteiger partial charge in [-0.1, -0.05) is 0 Å². The van der Waals surface area contributed by atoms with Crippen LogP contribution in [0, 0.1) is 5.92 Å². The Labute approximate surface area is 93.6 Å². The van der Waals surface area contributed by atoms with Gasteiger partial charge in [0, 0.05) is 20.0 Å². The lowest BCUT2D eigenvalue weighted by molar-refractivity contribution is -0.145. The fraction of sp³-hybridized carbons (Fsp3) is 0.700. The molecule has 1 aliphatic rings. The number of likely N-dealkylation sites (tertiary alicyclic amines) is 1. The van der Waals surface area contributed by atoms with E-state index in [9.17, 15) is 14.4 Å². The van der Waals surface area contributed by atoms with Crippen LogP contribution in [0.25, 0.3) is 0 Å². The summed E-state index contributed by atoms with van der Waals surface area (Å²) in [6.07, 6.45) is 1.31. The van der Waals surface area contributed by atoms with Gasteiger partial charge in [-0.3, -0.25) is 14.4 Å². The number of carboxylic acid groups (broad SMARTS) is 1. The number of aliphatic carboxylic acids is 1.